The predicted molar refractivity (Wildman–Crippen MR) is 124 cm³/mol. The molecule has 4 aromatic rings. The Kier molecular flexibility index (Phi) is 6.19. The van der Waals surface area contributed by atoms with Gasteiger partial charge >= 0.3 is 0 Å². The molecule has 0 radical (unpaired) electrons. The predicted octanol–water partition coefficient (Wildman–Crippen LogP) is 5.71. The van der Waals surface area contributed by atoms with Gasteiger partial charge in [-0.25, -0.2) is 0 Å². The van der Waals surface area contributed by atoms with E-state index in [0.717, 1.165) is 27.6 Å². The second-order valence-corrected chi connectivity index (χ2v) is 7.90. The lowest BCUT2D eigenvalue weighted by Crippen LogP contribution is -2.15. The van der Waals surface area contributed by atoms with E-state index < -0.39 is 0 Å². The smallest absolute Gasteiger partial charge is 0.208 e. The third-order valence-electron chi connectivity index (χ3n) is 5.40. The SMILES string of the molecule is COCC(=O)c1c(OCc2ccccc2)c2cc(C)ccc2n1Cc1ccc(C)cc1. The monoisotopic (exact) mass is 413 g/mol. The van der Waals surface area contributed by atoms with Gasteiger partial charge in [-0.15, -0.1) is 0 Å². The second-order valence-electron chi connectivity index (χ2n) is 7.90. The number of nitrogens with zero attached hydrogens (tertiary/aromatic N) is 1. The first kappa shape index (κ1) is 20.9. The number of fused-ring (bicyclic) bond motifs is 1. The van der Waals surface area contributed by atoms with Crippen LogP contribution in [0.1, 0.15) is 32.7 Å². The zero-order chi connectivity index (χ0) is 21.8. The number of benzene rings is 3. The normalized spacial score (nSPS) is 11.1. The van der Waals surface area contributed by atoms with Crippen LogP contribution >= 0.6 is 0 Å². The van der Waals surface area contributed by atoms with Crippen LogP contribution in [0.25, 0.3) is 10.9 Å². The van der Waals surface area contributed by atoms with E-state index in [2.05, 4.69) is 54.0 Å². The summed E-state index contributed by atoms with van der Waals surface area (Å²) < 4.78 is 13.6. The zero-order valence-electron chi connectivity index (χ0n) is 18.2. The van der Waals surface area contributed by atoms with Gasteiger partial charge in [0.2, 0.25) is 5.78 Å². The molecule has 4 nitrogen and oxygen atoms in total. The van der Waals surface area contributed by atoms with Gasteiger partial charge < -0.3 is 14.0 Å². The number of Topliss-reactive ketones (excluding diaryl/α,β-unsaturated/α-hetero) is 1. The molecule has 0 aliphatic heterocycles. The van der Waals surface area contributed by atoms with Crippen LogP contribution in [0.4, 0.5) is 0 Å². The van der Waals surface area contributed by atoms with E-state index in [1.54, 1.807) is 7.11 Å². The molecule has 0 atom stereocenters. The molecule has 0 aliphatic carbocycles. The van der Waals surface area contributed by atoms with Crippen LogP contribution in [-0.4, -0.2) is 24.1 Å². The first-order valence-electron chi connectivity index (χ1n) is 10.4. The van der Waals surface area contributed by atoms with Gasteiger partial charge in [-0.3, -0.25) is 4.79 Å². The molecule has 0 unspecified atom stereocenters. The summed E-state index contributed by atoms with van der Waals surface area (Å²) in [6.45, 7) is 5.10. The molecule has 0 spiro atoms. The summed E-state index contributed by atoms with van der Waals surface area (Å²) in [6.07, 6.45) is 0. The lowest BCUT2D eigenvalue weighted by atomic mass is 10.1. The van der Waals surface area contributed by atoms with Crippen molar-refractivity contribution in [2.75, 3.05) is 13.7 Å². The largest absolute Gasteiger partial charge is 0.486 e. The summed E-state index contributed by atoms with van der Waals surface area (Å²) in [6, 6.07) is 24.6. The van der Waals surface area contributed by atoms with E-state index in [1.807, 2.05) is 37.3 Å². The summed E-state index contributed by atoms with van der Waals surface area (Å²) in [5.41, 5.74) is 6.05. The van der Waals surface area contributed by atoms with Crippen LogP contribution in [0.3, 0.4) is 0 Å². The Hall–Kier alpha value is -3.37. The number of ketones is 1. The Morgan fingerprint density at radius 2 is 1.58 bits per heavy atom. The maximum Gasteiger partial charge on any atom is 0.208 e. The number of hydrogen-bond donors (Lipinski definition) is 0. The van der Waals surface area contributed by atoms with E-state index in [9.17, 15) is 4.79 Å². The number of hydrogen-bond acceptors (Lipinski definition) is 3. The Morgan fingerprint density at radius 3 is 2.29 bits per heavy atom. The average Bonchev–Trinajstić information content (AvgIpc) is 3.07. The highest BCUT2D eigenvalue weighted by molar-refractivity contribution is 6.06. The second kappa shape index (κ2) is 9.19. The van der Waals surface area contributed by atoms with Crippen LogP contribution in [0.5, 0.6) is 5.75 Å². The molecule has 0 saturated heterocycles. The van der Waals surface area contributed by atoms with E-state index in [0.29, 0.717) is 24.6 Å². The number of rotatable bonds is 8. The van der Waals surface area contributed by atoms with E-state index in [1.165, 1.54) is 5.56 Å². The fourth-order valence-electron chi connectivity index (χ4n) is 3.83. The van der Waals surface area contributed by atoms with Crippen LogP contribution < -0.4 is 4.74 Å². The minimum absolute atomic E-state index is 0.00486. The van der Waals surface area contributed by atoms with Crippen molar-refractivity contribution >= 4 is 16.7 Å². The Balaban J connectivity index is 1.84. The zero-order valence-corrected chi connectivity index (χ0v) is 18.2. The number of carbonyl (C=O) groups excluding carboxylic acids is 1. The highest BCUT2D eigenvalue weighted by Crippen LogP contribution is 2.36. The van der Waals surface area contributed by atoms with Crippen molar-refractivity contribution in [2.45, 2.75) is 27.0 Å². The van der Waals surface area contributed by atoms with Gasteiger partial charge in [0, 0.05) is 19.0 Å². The molecule has 0 saturated carbocycles. The Morgan fingerprint density at radius 1 is 0.871 bits per heavy atom. The molecule has 158 valence electrons. The number of methoxy groups -OCH3 is 1. The van der Waals surface area contributed by atoms with Crippen LogP contribution in [0.2, 0.25) is 0 Å². The van der Waals surface area contributed by atoms with Crippen molar-refractivity contribution in [3.8, 4) is 5.75 Å². The third kappa shape index (κ3) is 4.54. The van der Waals surface area contributed by atoms with Crippen LogP contribution in [-0.2, 0) is 17.9 Å². The lowest BCUT2D eigenvalue weighted by Gasteiger charge is -2.12. The number of carbonyl (C=O) groups is 1. The topological polar surface area (TPSA) is 40.5 Å². The quantitative estimate of drug-likeness (QED) is 0.347. The third-order valence-corrected chi connectivity index (χ3v) is 5.40. The summed E-state index contributed by atoms with van der Waals surface area (Å²) in [5, 5.41) is 0.947. The highest BCUT2D eigenvalue weighted by atomic mass is 16.5. The van der Waals surface area contributed by atoms with Gasteiger partial charge in [0.25, 0.3) is 0 Å². The molecule has 1 aromatic heterocycles. The van der Waals surface area contributed by atoms with Crippen molar-refractivity contribution in [1.82, 2.24) is 4.57 Å². The van der Waals surface area contributed by atoms with Crippen LogP contribution in [0, 0.1) is 13.8 Å². The molecule has 4 rings (SSSR count). The molecule has 0 N–H and O–H groups in total. The summed E-state index contributed by atoms with van der Waals surface area (Å²) in [7, 11) is 1.54. The van der Waals surface area contributed by atoms with Gasteiger partial charge in [0.1, 0.15) is 18.9 Å². The molecular formula is C27H27NO3. The molecule has 1 heterocycles. The van der Waals surface area contributed by atoms with E-state index in [-0.39, 0.29) is 12.4 Å². The number of aryl methyl sites for hydroxylation is 2. The molecule has 0 fully saturated rings. The van der Waals surface area contributed by atoms with Gasteiger partial charge in [0.15, 0.2) is 5.75 Å². The van der Waals surface area contributed by atoms with Crippen molar-refractivity contribution in [3.05, 3.63) is 101 Å². The molecule has 3 aromatic carbocycles. The minimum atomic E-state index is -0.0912. The summed E-state index contributed by atoms with van der Waals surface area (Å²) in [5.74, 6) is 0.531. The molecule has 4 heteroatoms. The molecular weight excluding hydrogens is 386 g/mol. The highest BCUT2D eigenvalue weighted by Gasteiger charge is 2.24. The number of aromatic nitrogens is 1. The number of ether oxygens (including phenoxy) is 2. The van der Waals surface area contributed by atoms with Crippen molar-refractivity contribution < 1.29 is 14.3 Å². The maximum atomic E-state index is 13.2. The van der Waals surface area contributed by atoms with Gasteiger partial charge in [-0.2, -0.15) is 0 Å². The molecule has 31 heavy (non-hydrogen) atoms. The first-order valence-corrected chi connectivity index (χ1v) is 10.4. The average molecular weight is 414 g/mol. The summed E-state index contributed by atoms with van der Waals surface area (Å²) in [4.78, 5) is 13.2. The minimum Gasteiger partial charge on any atom is -0.486 e. The van der Waals surface area contributed by atoms with Gasteiger partial charge in [-0.1, -0.05) is 71.8 Å². The van der Waals surface area contributed by atoms with Crippen molar-refractivity contribution in [2.24, 2.45) is 0 Å². The van der Waals surface area contributed by atoms with E-state index in [4.69, 9.17) is 9.47 Å². The fraction of sp³-hybridized carbons (Fsp3) is 0.222. The van der Waals surface area contributed by atoms with Gasteiger partial charge in [0.05, 0.1) is 5.52 Å². The molecule has 0 amide bonds. The van der Waals surface area contributed by atoms with Crippen molar-refractivity contribution in [3.63, 3.8) is 0 Å². The van der Waals surface area contributed by atoms with Crippen molar-refractivity contribution in [1.29, 1.82) is 0 Å². The summed E-state index contributed by atoms with van der Waals surface area (Å²) >= 11 is 0. The standard InChI is InChI=1S/C27H27NO3/c1-19-9-12-21(13-10-19)16-28-24-14-11-20(2)15-23(24)27(26(28)25(29)18-30-3)31-17-22-7-5-4-6-8-22/h4-15H,16-18H2,1-3H3. The molecule has 0 aliphatic rings. The fourth-order valence-corrected chi connectivity index (χ4v) is 3.83. The van der Waals surface area contributed by atoms with Crippen LogP contribution in [0.15, 0.2) is 72.8 Å². The molecule has 0 bridgehead atoms. The lowest BCUT2D eigenvalue weighted by molar-refractivity contribution is 0.0834. The Bertz CT molecular complexity index is 1190. The Labute approximate surface area is 183 Å². The van der Waals surface area contributed by atoms with Gasteiger partial charge in [-0.05, 0) is 37.1 Å². The maximum absolute atomic E-state index is 13.2. The first-order chi connectivity index (χ1) is 15.1. The van der Waals surface area contributed by atoms with E-state index >= 15 is 0 Å².